The standard InChI is InChI=1S/C10H17N7O4/c11-6-15-5-4(3-21-8(13)18)14-7(12)17-2-1-9(19,20)10(5,17)16-6/h4-5,19-20H,1-3H2,(H7,11,12,13,14,15,16,18)/p+1/t4-,5-,10-/m0/s1. The van der Waals surface area contributed by atoms with E-state index in [0.29, 0.717) is 6.54 Å². The Morgan fingerprint density at radius 1 is 1.52 bits per heavy atom. The minimum atomic E-state index is -2.10. The summed E-state index contributed by atoms with van der Waals surface area (Å²) >= 11 is 0. The van der Waals surface area contributed by atoms with Crippen LogP contribution in [0.3, 0.4) is 0 Å². The summed E-state index contributed by atoms with van der Waals surface area (Å²) in [7, 11) is 0. The lowest BCUT2D eigenvalue weighted by atomic mass is 9.87. The molecule has 0 aromatic rings. The summed E-state index contributed by atoms with van der Waals surface area (Å²) in [5, 5.41) is 26.5. The summed E-state index contributed by atoms with van der Waals surface area (Å²) in [6.07, 6.45) is -0.883. The van der Waals surface area contributed by atoms with Crippen LogP contribution in [0, 0.1) is 0 Å². The Hall–Kier alpha value is -2.27. The molecule has 3 heterocycles. The predicted octanol–water partition coefficient (Wildman–Crippen LogP) is -4.55. The predicted molar refractivity (Wildman–Crippen MR) is 69.8 cm³/mol. The number of nitrogens with two attached hydrogens (primary N) is 3. The number of aliphatic imine (C=N–C) groups is 1. The maximum atomic E-state index is 10.8. The number of rotatable bonds is 2. The molecule has 0 unspecified atom stereocenters. The average Bonchev–Trinajstić information content (AvgIpc) is 2.85. The van der Waals surface area contributed by atoms with E-state index in [4.69, 9.17) is 21.9 Å². The Bertz CT molecular complexity index is 560. The molecule has 21 heavy (non-hydrogen) atoms. The van der Waals surface area contributed by atoms with Gasteiger partial charge in [-0.25, -0.2) is 14.4 Å². The van der Waals surface area contributed by atoms with Gasteiger partial charge in [-0.1, -0.05) is 0 Å². The molecule has 0 aromatic heterocycles. The van der Waals surface area contributed by atoms with Gasteiger partial charge in [0.25, 0.3) is 0 Å². The highest BCUT2D eigenvalue weighted by molar-refractivity contribution is 5.83. The maximum Gasteiger partial charge on any atom is 0.404 e. The van der Waals surface area contributed by atoms with Crippen molar-refractivity contribution in [2.75, 3.05) is 13.2 Å². The van der Waals surface area contributed by atoms with Crippen LogP contribution < -0.4 is 27.8 Å². The summed E-state index contributed by atoms with van der Waals surface area (Å²) in [6, 6.07) is -1.32. The second-order valence-corrected chi connectivity index (χ2v) is 5.33. The highest BCUT2D eigenvalue weighted by atomic mass is 16.5. The van der Waals surface area contributed by atoms with Crippen LogP contribution in [0.2, 0.25) is 0 Å². The first kappa shape index (κ1) is 13.7. The smallest absolute Gasteiger partial charge is 0.404 e. The number of nitrogens with zero attached hydrogens (tertiary/aromatic N) is 2. The van der Waals surface area contributed by atoms with Crippen molar-refractivity contribution in [1.82, 2.24) is 10.6 Å². The zero-order valence-corrected chi connectivity index (χ0v) is 11.1. The van der Waals surface area contributed by atoms with Crippen molar-refractivity contribution in [1.29, 1.82) is 0 Å². The number of guanidine groups is 2. The molecule has 0 radical (unpaired) electrons. The average molecular weight is 300 g/mol. The van der Waals surface area contributed by atoms with Crippen LogP contribution in [-0.2, 0) is 4.74 Å². The molecule has 0 aliphatic carbocycles. The quantitative estimate of drug-likeness (QED) is 0.196. The van der Waals surface area contributed by atoms with Gasteiger partial charge in [0.1, 0.15) is 12.6 Å². The molecule has 0 aromatic carbocycles. The lowest BCUT2D eigenvalue weighted by Crippen LogP contribution is -2.77. The van der Waals surface area contributed by atoms with E-state index in [1.54, 1.807) is 4.58 Å². The molecule has 0 saturated carbocycles. The molecule has 0 bridgehead atoms. The van der Waals surface area contributed by atoms with Crippen LogP contribution in [0.4, 0.5) is 4.79 Å². The molecule has 116 valence electrons. The fourth-order valence-electron chi connectivity index (χ4n) is 3.30. The van der Waals surface area contributed by atoms with Crippen LogP contribution in [-0.4, -0.2) is 69.5 Å². The molecule has 11 heteroatoms. The van der Waals surface area contributed by atoms with E-state index < -0.39 is 29.6 Å². The van der Waals surface area contributed by atoms with Crippen molar-refractivity contribution < 1.29 is 24.3 Å². The van der Waals surface area contributed by atoms with Gasteiger partial charge < -0.3 is 31.7 Å². The van der Waals surface area contributed by atoms with Gasteiger partial charge >= 0.3 is 12.1 Å². The van der Waals surface area contributed by atoms with E-state index in [0.717, 1.165) is 0 Å². The largest absolute Gasteiger partial charge is 0.446 e. The second kappa shape index (κ2) is 4.11. The molecule has 3 aliphatic heterocycles. The molecular formula is C10H18N7O4+. The number of amides is 1. The first-order valence-electron chi connectivity index (χ1n) is 6.43. The molecule has 3 atom stereocenters. The fourth-order valence-corrected chi connectivity index (χ4v) is 3.30. The van der Waals surface area contributed by atoms with Gasteiger partial charge in [-0.2, -0.15) is 0 Å². The molecule has 1 fully saturated rings. The van der Waals surface area contributed by atoms with Gasteiger partial charge in [0.15, 0.2) is 12.0 Å². The molecule has 1 amide bonds. The molecule has 3 aliphatic rings. The van der Waals surface area contributed by atoms with Crippen molar-refractivity contribution in [2.24, 2.45) is 22.2 Å². The van der Waals surface area contributed by atoms with Gasteiger partial charge in [0.05, 0.1) is 6.54 Å². The van der Waals surface area contributed by atoms with Crippen molar-refractivity contribution in [3.63, 3.8) is 0 Å². The summed E-state index contributed by atoms with van der Waals surface area (Å²) in [4.78, 5) is 15.0. The van der Waals surface area contributed by atoms with Crippen molar-refractivity contribution in [3.05, 3.63) is 0 Å². The summed E-state index contributed by atoms with van der Waals surface area (Å²) in [5.74, 6) is -1.83. The Balaban J connectivity index is 2.02. The van der Waals surface area contributed by atoms with E-state index in [1.165, 1.54) is 0 Å². The molecular weight excluding hydrogens is 282 g/mol. The lowest BCUT2D eigenvalue weighted by molar-refractivity contribution is -0.623. The van der Waals surface area contributed by atoms with Crippen molar-refractivity contribution in [3.8, 4) is 0 Å². The summed E-state index contributed by atoms with van der Waals surface area (Å²) < 4.78 is 6.35. The topological polar surface area (TPSA) is 184 Å². The first-order chi connectivity index (χ1) is 9.78. The maximum absolute atomic E-state index is 10.8. The molecule has 1 spiro atoms. The number of hydrogen-bond donors (Lipinski definition) is 7. The third-order valence-corrected chi connectivity index (χ3v) is 4.16. The number of primary amides is 1. The minimum Gasteiger partial charge on any atom is -0.446 e. The normalized spacial score (nSPS) is 36.2. The van der Waals surface area contributed by atoms with Crippen LogP contribution in [0.5, 0.6) is 0 Å². The van der Waals surface area contributed by atoms with Crippen molar-refractivity contribution >= 4 is 18.0 Å². The number of ether oxygens (including phenoxy) is 1. The third kappa shape index (κ3) is 1.70. The Morgan fingerprint density at radius 3 is 2.90 bits per heavy atom. The van der Waals surface area contributed by atoms with Crippen LogP contribution in [0.1, 0.15) is 6.42 Å². The van der Waals surface area contributed by atoms with Crippen molar-refractivity contribution in [2.45, 2.75) is 30.0 Å². The Morgan fingerprint density at radius 2 is 2.24 bits per heavy atom. The zero-order chi connectivity index (χ0) is 15.4. The van der Waals surface area contributed by atoms with Gasteiger partial charge in [0, 0.05) is 6.42 Å². The molecule has 1 saturated heterocycles. The molecule has 10 N–H and O–H groups in total. The number of carbonyl (C=O) groups is 1. The van der Waals surface area contributed by atoms with E-state index in [2.05, 4.69) is 15.6 Å². The van der Waals surface area contributed by atoms with E-state index in [1.807, 2.05) is 0 Å². The fraction of sp³-hybridized carbons (Fsp3) is 0.700. The minimum absolute atomic E-state index is 0.0555. The third-order valence-electron chi connectivity index (χ3n) is 4.16. The number of nitrogens with one attached hydrogen (secondary N) is 2. The Labute approximate surface area is 119 Å². The van der Waals surface area contributed by atoms with Gasteiger partial charge in [-0.05, 0) is 0 Å². The zero-order valence-electron chi connectivity index (χ0n) is 11.1. The Kier molecular flexibility index (Phi) is 2.68. The SMILES string of the molecule is NC(=O)OC[C@@H]1NC(N)=[N+]2CCC(O)(O)[C@@]23NC(N)=N[C@@H]13. The van der Waals surface area contributed by atoms with Crippen LogP contribution in [0.15, 0.2) is 4.99 Å². The number of hydrogen-bond acceptors (Lipinski definition) is 9. The van der Waals surface area contributed by atoms with E-state index in [9.17, 15) is 15.0 Å². The lowest BCUT2D eigenvalue weighted by Gasteiger charge is -2.42. The molecule has 11 nitrogen and oxygen atoms in total. The summed E-state index contributed by atoms with van der Waals surface area (Å²) in [6.45, 7) is 0.173. The number of aliphatic hydroxyl groups is 2. The van der Waals surface area contributed by atoms with Crippen LogP contribution >= 0.6 is 0 Å². The number of carbonyl (C=O) groups excluding carboxylic acids is 1. The van der Waals surface area contributed by atoms with Gasteiger partial charge in [0.2, 0.25) is 11.4 Å². The van der Waals surface area contributed by atoms with E-state index >= 15 is 0 Å². The highest BCUT2D eigenvalue weighted by Crippen LogP contribution is 2.40. The molecule has 3 rings (SSSR count). The van der Waals surface area contributed by atoms with Crippen LogP contribution in [0.25, 0.3) is 0 Å². The highest BCUT2D eigenvalue weighted by Gasteiger charge is 2.71. The van der Waals surface area contributed by atoms with E-state index in [-0.39, 0.29) is 24.9 Å². The van der Waals surface area contributed by atoms with Gasteiger partial charge in [-0.15, -0.1) is 0 Å². The monoisotopic (exact) mass is 300 g/mol. The van der Waals surface area contributed by atoms with Gasteiger partial charge in [-0.3, -0.25) is 11.1 Å². The summed E-state index contributed by atoms with van der Waals surface area (Å²) in [5.41, 5.74) is 15.2. The first-order valence-corrected chi connectivity index (χ1v) is 6.43. The second-order valence-electron chi connectivity index (χ2n) is 5.33.